The second-order valence-electron chi connectivity index (χ2n) is 7.51. The van der Waals surface area contributed by atoms with Crippen LogP contribution in [-0.4, -0.2) is 86.2 Å². The number of fused-ring (bicyclic) bond motifs is 1. The van der Waals surface area contributed by atoms with Crippen LogP contribution in [0, 0.1) is 13.8 Å². The molecule has 6 heteroatoms. The lowest BCUT2D eigenvalue weighted by molar-refractivity contribution is -0.0724. The average molecular weight is 349 g/mol. The summed E-state index contributed by atoms with van der Waals surface area (Å²) < 4.78 is 11.6. The number of likely N-dealkylation sites (tertiary alicyclic amines) is 1. The molecule has 0 N–H and O–H groups in total. The maximum Gasteiger partial charge on any atom is 0.257 e. The second-order valence-corrected chi connectivity index (χ2v) is 7.51. The molecule has 1 amide bonds. The lowest BCUT2D eigenvalue weighted by Gasteiger charge is -2.40. The first-order chi connectivity index (χ1) is 12.0. The number of carbonyl (C=O) groups excluding carboxylic acids is 1. The molecule has 0 spiro atoms. The van der Waals surface area contributed by atoms with Crippen molar-refractivity contribution in [2.75, 3.05) is 53.4 Å². The van der Waals surface area contributed by atoms with Gasteiger partial charge in [-0.2, -0.15) is 0 Å². The van der Waals surface area contributed by atoms with Gasteiger partial charge in [-0.15, -0.1) is 0 Å². The van der Waals surface area contributed by atoms with Gasteiger partial charge >= 0.3 is 0 Å². The smallest absolute Gasteiger partial charge is 0.257 e. The molecule has 0 bridgehead atoms. The first-order valence-corrected chi connectivity index (χ1v) is 9.32. The SMILES string of the molecule is Cc1cc(C(=O)N2CC[C@@H]3OCCN(CCN(C)C)[C@@H]3CC2)c(C)o1. The summed E-state index contributed by atoms with van der Waals surface area (Å²) in [6.45, 7) is 9.19. The Morgan fingerprint density at radius 1 is 1.24 bits per heavy atom. The highest BCUT2D eigenvalue weighted by molar-refractivity contribution is 5.95. The molecular formula is C19H31N3O3. The highest BCUT2D eigenvalue weighted by Crippen LogP contribution is 2.25. The van der Waals surface area contributed by atoms with E-state index in [9.17, 15) is 4.79 Å². The highest BCUT2D eigenvalue weighted by atomic mass is 16.5. The van der Waals surface area contributed by atoms with E-state index in [-0.39, 0.29) is 12.0 Å². The van der Waals surface area contributed by atoms with Crippen molar-refractivity contribution in [3.8, 4) is 0 Å². The van der Waals surface area contributed by atoms with Crippen molar-refractivity contribution in [1.29, 1.82) is 0 Å². The lowest BCUT2D eigenvalue weighted by Crippen LogP contribution is -2.52. The Balaban J connectivity index is 1.66. The largest absolute Gasteiger partial charge is 0.466 e. The number of hydrogen-bond donors (Lipinski definition) is 0. The highest BCUT2D eigenvalue weighted by Gasteiger charge is 2.36. The van der Waals surface area contributed by atoms with Crippen molar-refractivity contribution in [3.05, 3.63) is 23.2 Å². The Morgan fingerprint density at radius 2 is 2.00 bits per heavy atom. The molecule has 2 fully saturated rings. The van der Waals surface area contributed by atoms with Gasteiger partial charge in [-0.25, -0.2) is 0 Å². The van der Waals surface area contributed by atoms with Crippen molar-refractivity contribution in [1.82, 2.24) is 14.7 Å². The summed E-state index contributed by atoms with van der Waals surface area (Å²) in [6, 6.07) is 2.27. The van der Waals surface area contributed by atoms with Crippen LogP contribution in [0.15, 0.2) is 10.5 Å². The van der Waals surface area contributed by atoms with E-state index in [1.54, 1.807) is 0 Å². The summed E-state index contributed by atoms with van der Waals surface area (Å²) in [5.41, 5.74) is 0.702. The zero-order chi connectivity index (χ0) is 18.0. The van der Waals surface area contributed by atoms with E-state index in [0.29, 0.717) is 17.4 Å². The van der Waals surface area contributed by atoms with Crippen molar-refractivity contribution in [2.24, 2.45) is 0 Å². The molecule has 6 nitrogen and oxygen atoms in total. The molecule has 0 unspecified atom stereocenters. The Hall–Kier alpha value is -1.37. The van der Waals surface area contributed by atoms with Crippen LogP contribution >= 0.6 is 0 Å². The lowest BCUT2D eigenvalue weighted by atomic mass is 10.0. The third-order valence-corrected chi connectivity index (χ3v) is 5.38. The van der Waals surface area contributed by atoms with Gasteiger partial charge in [0.05, 0.1) is 18.3 Å². The van der Waals surface area contributed by atoms with Crippen LogP contribution in [0.2, 0.25) is 0 Å². The summed E-state index contributed by atoms with van der Waals surface area (Å²) in [4.78, 5) is 19.6. The van der Waals surface area contributed by atoms with Gasteiger partial charge < -0.3 is 19.0 Å². The van der Waals surface area contributed by atoms with E-state index >= 15 is 0 Å². The van der Waals surface area contributed by atoms with Crippen LogP contribution in [0.1, 0.15) is 34.7 Å². The van der Waals surface area contributed by atoms with Gasteiger partial charge in [-0.1, -0.05) is 0 Å². The summed E-state index contributed by atoms with van der Waals surface area (Å²) in [6.07, 6.45) is 2.12. The number of likely N-dealkylation sites (N-methyl/N-ethyl adjacent to an activating group) is 1. The zero-order valence-electron chi connectivity index (χ0n) is 16.0. The van der Waals surface area contributed by atoms with E-state index in [2.05, 4.69) is 23.9 Å². The molecule has 2 aliphatic rings. The number of morpholine rings is 1. The molecule has 25 heavy (non-hydrogen) atoms. The van der Waals surface area contributed by atoms with Crippen LogP contribution in [0.25, 0.3) is 0 Å². The van der Waals surface area contributed by atoms with E-state index in [4.69, 9.17) is 9.15 Å². The molecule has 2 saturated heterocycles. The fourth-order valence-electron chi connectivity index (χ4n) is 3.98. The van der Waals surface area contributed by atoms with E-state index < -0.39 is 0 Å². The first-order valence-electron chi connectivity index (χ1n) is 9.32. The van der Waals surface area contributed by atoms with Crippen molar-refractivity contribution >= 4 is 5.91 Å². The molecular weight excluding hydrogens is 318 g/mol. The second kappa shape index (κ2) is 7.89. The normalized spacial score (nSPS) is 25.1. The molecule has 0 aromatic carbocycles. The maximum atomic E-state index is 12.9. The van der Waals surface area contributed by atoms with Gasteiger partial charge in [0.25, 0.3) is 5.91 Å². The standard InChI is InChI=1S/C19H31N3O3/c1-14-13-16(15(2)25-14)19(23)22-7-5-17-18(6-8-22)24-12-11-21(17)10-9-20(3)4/h13,17-18H,5-12H2,1-4H3/t17-,18+/m1/s1. The van der Waals surface area contributed by atoms with Crippen molar-refractivity contribution in [3.63, 3.8) is 0 Å². The predicted molar refractivity (Wildman–Crippen MR) is 97.0 cm³/mol. The Kier molecular flexibility index (Phi) is 5.81. The van der Waals surface area contributed by atoms with Crippen molar-refractivity contribution < 1.29 is 13.9 Å². The van der Waals surface area contributed by atoms with Gasteiger partial charge in [0.15, 0.2) is 0 Å². The number of carbonyl (C=O) groups is 1. The van der Waals surface area contributed by atoms with Crippen LogP contribution < -0.4 is 0 Å². The van der Waals surface area contributed by atoms with Crippen LogP contribution in [0.3, 0.4) is 0 Å². The van der Waals surface area contributed by atoms with Gasteiger partial charge in [0, 0.05) is 38.8 Å². The molecule has 3 heterocycles. The molecule has 1 aromatic rings. The topological polar surface area (TPSA) is 49.2 Å². The number of aryl methyl sites for hydroxylation is 2. The van der Waals surface area contributed by atoms with Gasteiger partial charge in [-0.05, 0) is 46.9 Å². The minimum atomic E-state index is 0.0906. The Morgan fingerprint density at radius 3 is 2.68 bits per heavy atom. The number of nitrogens with zero attached hydrogens (tertiary/aromatic N) is 3. The van der Waals surface area contributed by atoms with Gasteiger partial charge in [-0.3, -0.25) is 9.69 Å². The number of amides is 1. The number of rotatable bonds is 4. The van der Waals surface area contributed by atoms with E-state index in [1.807, 2.05) is 24.8 Å². The summed E-state index contributed by atoms with van der Waals surface area (Å²) in [5, 5.41) is 0. The minimum Gasteiger partial charge on any atom is -0.466 e. The van der Waals surface area contributed by atoms with Gasteiger partial charge in [0.1, 0.15) is 11.5 Å². The van der Waals surface area contributed by atoms with Crippen LogP contribution in [-0.2, 0) is 4.74 Å². The van der Waals surface area contributed by atoms with Crippen LogP contribution in [0.5, 0.6) is 0 Å². The van der Waals surface area contributed by atoms with Gasteiger partial charge in [0.2, 0.25) is 0 Å². The Bertz CT molecular complexity index is 599. The molecule has 140 valence electrons. The van der Waals surface area contributed by atoms with Crippen molar-refractivity contribution in [2.45, 2.75) is 38.8 Å². The summed E-state index contributed by atoms with van der Waals surface area (Å²) in [7, 11) is 4.22. The fourth-order valence-corrected chi connectivity index (χ4v) is 3.98. The molecule has 0 aliphatic carbocycles. The van der Waals surface area contributed by atoms with E-state index in [1.165, 1.54) is 0 Å². The van der Waals surface area contributed by atoms with E-state index in [0.717, 1.165) is 57.9 Å². The molecule has 2 atom stereocenters. The third kappa shape index (κ3) is 4.25. The molecule has 3 rings (SSSR count). The maximum absolute atomic E-state index is 12.9. The summed E-state index contributed by atoms with van der Waals surface area (Å²) >= 11 is 0. The molecule has 0 saturated carbocycles. The monoisotopic (exact) mass is 349 g/mol. The summed E-state index contributed by atoms with van der Waals surface area (Å²) in [5.74, 6) is 1.60. The predicted octanol–water partition coefficient (Wildman–Crippen LogP) is 1.76. The minimum absolute atomic E-state index is 0.0906. The fraction of sp³-hybridized carbons (Fsp3) is 0.737. The number of hydrogen-bond acceptors (Lipinski definition) is 5. The molecule has 2 aliphatic heterocycles. The number of ether oxygens (including phenoxy) is 1. The molecule has 0 radical (unpaired) electrons. The Labute approximate surface area is 150 Å². The quantitative estimate of drug-likeness (QED) is 0.829. The molecule has 1 aromatic heterocycles. The average Bonchev–Trinajstić information content (AvgIpc) is 2.79. The third-order valence-electron chi connectivity index (χ3n) is 5.38. The zero-order valence-corrected chi connectivity index (χ0v) is 16.0. The first kappa shape index (κ1) is 18.4. The van der Waals surface area contributed by atoms with Crippen LogP contribution in [0.4, 0.5) is 0 Å². The number of furan rings is 1.